The molecule has 2 heterocycles. The second kappa shape index (κ2) is 5.77. The van der Waals surface area contributed by atoms with E-state index in [1.54, 1.807) is 6.07 Å². The zero-order valence-electron chi connectivity index (χ0n) is 12.2. The maximum absolute atomic E-state index is 13.3. The number of nitrogens with zero attached hydrogens (tertiary/aromatic N) is 2. The fourth-order valence-electron chi connectivity index (χ4n) is 2.54. The molecular formula is C16H18FN3O. The maximum Gasteiger partial charge on any atom is 0.162 e. The number of halogens is 1. The summed E-state index contributed by atoms with van der Waals surface area (Å²) in [6, 6.07) is 4.69. The van der Waals surface area contributed by atoms with Crippen LogP contribution in [-0.4, -0.2) is 23.1 Å². The van der Waals surface area contributed by atoms with Crippen molar-refractivity contribution in [2.24, 2.45) is 0 Å². The third-order valence-electron chi connectivity index (χ3n) is 3.60. The van der Waals surface area contributed by atoms with Gasteiger partial charge in [-0.25, -0.2) is 14.4 Å². The molecule has 0 amide bonds. The maximum atomic E-state index is 13.3. The van der Waals surface area contributed by atoms with Crippen LogP contribution < -0.4 is 5.32 Å². The predicted molar refractivity (Wildman–Crippen MR) is 79.7 cm³/mol. The van der Waals surface area contributed by atoms with Crippen molar-refractivity contribution in [2.45, 2.75) is 26.9 Å². The molecule has 0 bridgehead atoms. The molecule has 4 nitrogen and oxygen atoms in total. The summed E-state index contributed by atoms with van der Waals surface area (Å²) in [5.41, 5.74) is 3.76. The van der Waals surface area contributed by atoms with Gasteiger partial charge >= 0.3 is 0 Å². The second-order valence-corrected chi connectivity index (χ2v) is 5.11. The van der Waals surface area contributed by atoms with Gasteiger partial charge in [0, 0.05) is 24.1 Å². The van der Waals surface area contributed by atoms with Crippen LogP contribution in [0, 0.1) is 12.7 Å². The number of ether oxygens (including phenoxy) is 1. The Balaban J connectivity index is 2.12. The zero-order chi connectivity index (χ0) is 14.8. The highest BCUT2D eigenvalue weighted by Gasteiger charge is 2.19. The minimum atomic E-state index is -0.241. The molecule has 1 aromatic carbocycles. The van der Waals surface area contributed by atoms with Crippen LogP contribution in [0.25, 0.3) is 11.4 Å². The highest BCUT2D eigenvalue weighted by Crippen LogP contribution is 2.27. The van der Waals surface area contributed by atoms with Gasteiger partial charge in [-0.1, -0.05) is 0 Å². The lowest BCUT2D eigenvalue weighted by molar-refractivity contribution is 0.109. The topological polar surface area (TPSA) is 47.0 Å². The number of nitrogens with one attached hydrogen (secondary N) is 1. The van der Waals surface area contributed by atoms with E-state index in [4.69, 9.17) is 4.74 Å². The summed E-state index contributed by atoms with van der Waals surface area (Å²) >= 11 is 0. The SMILES string of the molecule is CCNc1nc(-c2ccc(F)cc2C)nc2c1COCC2. The Labute approximate surface area is 123 Å². The third kappa shape index (κ3) is 2.74. The number of anilines is 1. The first-order valence-electron chi connectivity index (χ1n) is 7.17. The van der Waals surface area contributed by atoms with Gasteiger partial charge in [-0.05, 0) is 37.6 Å². The van der Waals surface area contributed by atoms with Gasteiger partial charge in [-0.15, -0.1) is 0 Å². The molecule has 0 unspecified atom stereocenters. The van der Waals surface area contributed by atoms with E-state index in [2.05, 4.69) is 15.3 Å². The Morgan fingerprint density at radius 3 is 2.95 bits per heavy atom. The Kier molecular flexibility index (Phi) is 3.84. The zero-order valence-corrected chi connectivity index (χ0v) is 12.2. The van der Waals surface area contributed by atoms with E-state index in [1.165, 1.54) is 12.1 Å². The monoisotopic (exact) mass is 287 g/mol. The van der Waals surface area contributed by atoms with Crippen LogP contribution >= 0.6 is 0 Å². The first-order valence-corrected chi connectivity index (χ1v) is 7.17. The smallest absolute Gasteiger partial charge is 0.162 e. The molecule has 0 fully saturated rings. The molecular weight excluding hydrogens is 269 g/mol. The number of hydrogen-bond acceptors (Lipinski definition) is 4. The van der Waals surface area contributed by atoms with Crippen LogP contribution in [0.1, 0.15) is 23.7 Å². The molecule has 5 heteroatoms. The Morgan fingerprint density at radius 1 is 1.33 bits per heavy atom. The Morgan fingerprint density at radius 2 is 2.19 bits per heavy atom. The molecule has 21 heavy (non-hydrogen) atoms. The second-order valence-electron chi connectivity index (χ2n) is 5.11. The van der Waals surface area contributed by atoms with Crippen LogP contribution in [0.5, 0.6) is 0 Å². The molecule has 1 aromatic heterocycles. The van der Waals surface area contributed by atoms with Crippen LogP contribution in [0.4, 0.5) is 10.2 Å². The van der Waals surface area contributed by atoms with Crippen LogP contribution in [0.15, 0.2) is 18.2 Å². The van der Waals surface area contributed by atoms with Crippen molar-refractivity contribution in [1.29, 1.82) is 0 Å². The van der Waals surface area contributed by atoms with E-state index < -0.39 is 0 Å². The van der Waals surface area contributed by atoms with E-state index in [0.717, 1.165) is 41.2 Å². The van der Waals surface area contributed by atoms with Gasteiger partial charge in [0.15, 0.2) is 5.82 Å². The largest absolute Gasteiger partial charge is 0.376 e. The molecule has 0 spiro atoms. The van der Waals surface area contributed by atoms with E-state index in [0.29, 0.717) is 19.0 Å². The Bertz CT molecular complexity index is 673. The lowest BCUT2D eigenvalue weighted by Crippen LogP contribution is -2.17. The van der Waals surface area contributed by atoms with Crippen molar-refractivity contribution in [3.8, 4) is 11.4 Å². The van der Waals surface area contributed by atoms with Gasteiger partial charge in [0.2, 0.25) is 0 Å². The highest BCUT2D eigenvalue weighted by atomic mass is 19.1. The Hall–Kier alpha value is -2.01. The fourth-order valence-corrected chi connectivity index (χ4v) is 2.54. The van der Waals surface area contributed by atoms with Gasteiger partial charge in [-0.3, -0.25) is 0 Å². The molecule has 1 aliphatic rings. The third-order valence-corrected chi connectivity index (χ3v) is 3.60. The van der Waals surface area contributed by atoms with Gasteiger partial charge in [0.1, 0.15) is 11.6 Å². The molecule has 1 aliphatic heterocycles. The number of rotatable bonds is 3. The lowest BCUT2D eigenvalue weighted by atomic mass is 10.1. The normalized spacial score (nSPS) is 13.9. The average Bonchev–Trinajstić information content (AvgIpc) is 2.47. The average molecular weight is 287 g/mol. The molecule has 0 aliphatic carbocycles. The molecule has 110 valence electrons. The fraction of sp³-hybridized carbons (Fsp3) is 0.375. The summed E-state index contributed by atoms with van der Waals surface area (Å²) in [5, 5.41) is 3.27. The summed E-state index contributed by atoms with van der Waals surface area (Å²) in [6.07, 6.45) is 0.781. The predicted octanol–water partition coefficient (Wildman–Crippen LogP) is 3.10. The summed E-state index contributed by atoms with van der Waals surface area (Å²) in [7, 11) is 0. The first kappa shape index (κ1) is 13.9. The molecule has 3 rings (SSSR count). The minimum absolute atomic E-state index is 0.241. The van der Waals surface area contributed by atoms with Gasteiger partial charge in [0.25, 0.3) is 0 Å². The van der Waals surface area contributed by atoms with Crippen LogP contribution in [-0.2, 0) is 17.8 Å². The molecule has 0 atom stereocenters. The van der Waals surface area contributed by atoms with Crippen LogP contribution in [0.2, 0.25) is 0 Å². The van der Waals surface area contributed by atoms with Gasteiger partial charge in [0.05, 0.1) is 18.9 Å². The van der Waals surface area contributed by atoms with Gasteiger partial charge in [-0.2, -0.15) is 0 Å². The molecule has 0 saturated heterocycles. The molecule has 0 radical (unpaired) electrons. The number of hydrogen-bond donors (Lipinski definition) is 1. The van der Waals surface area contributed by atoms with Crippen molar-refractivity contribution in [2.75, 3.05) is 18.5 Å². The lowest BCUT2D eigenvalue weighted by Gasteiger charge is -2.20. The van der Waals surface area contributed by atoms with Crippen molar-refractivity contribution < 1.29 is 9.13 Å². The summed E-state index contributed by atoms with van der Waals surface area (Å²) in [6.45, 7) is 5.90. The summed E-state index contributed by atoms with van der Waals surface area (Å²) in [5.74, 6) is 1.22. The molecule has 2 aromatic rings. The number of aromatic nitrogens is 2. The van der Waals surface area contributed by atoms with Crippen molar-refractivity contribution in [3.63, 3.8) is 0 Å². The number of aryl methyl sites for hydroxylation is 1. The van der Waals surface area contributed by atoms with Crippen molar-refractivity contribution >= 4 is 5.82 Å². The molecule has 0 saturated carbocycles. The standard InChI is InChI=1S/C16H18FN3O/c1-3-18-15-13-9-21-7-6-14(13)19-16(20-15)12-5-4-11(17)8-10(12)2/h4-5,8H,3,6-7,9H2,1-2H3,(H,18,19,20). The van der Waals surface area contributed by atoms with E-state index >= 15 is 0 Å². The van der Waals surface area contributed by atoms with Crippen molar-refractivity contribution in [3.05, 3.63) is 40.8 Å². The molecule has 1 N–H and O–H groups in total. The number of fused-ring (bicyclic) bond motifs is 1. The van der Waals surface area contributed by atoms with E-state index in [9.17, 15) is 4.39 Å². The highest BCUT2D eigenvalue weighted by molar-refractivity contribution is 5.63. The quantitative estimate of drug-likeness (QED) is 0.942. The minimum Gasteiger partial charge on any atom is -0.376 e. The van der Waals surface area contributed by atoms with E-state index in [-0.39, 0.29) is 5.82 Å². The summed E-state index contributed by atoms with van der Waals surface area (Å²) < 4.78 is 18.8. The first-order chi connectivity index (χ1) is 10.2. The summed E-state index contributed by atoms with van der Waals surface area (Å²) in [4.78, 5) is 9.28. The van der Waals surface area contributed by atoms with Crippen LogP contribution in [0.3, 0.4) is 0 Å². The van der Waals surface area contributed by atoms with E-state index in [1.807, 2.05) is 13.8 Å². The van der Waals surface area contributed by atoms with Gasteiger partial charge < -0.3 is 10.1 Å². The number of benzene rings is 1. The van der Waals surface area contributed by atoms with Crippen molar-refractivity contribution in [1.82, 2.24) is 9.97 Å².